The summed E-state index contributed by atoms with van der Waals surface area (Å²) in [6, 6.07) is 38.6. The number of aryl methyl sites for hydroxylation is 2. The first-order valence-corrected chi connectivity index (χ1v) is 37.7. The molecule has 0 aliphatic carbocycles. The SMILES string of the molecule is CCCCCCc1ccc(-c2ccc(-c3[c-]cc(-c4cc5c(s4)-c4sc(-c6c[c-]c(-c7ccc(-c8ccc(CCCCCC)s8)s7)c7nsnc67)cc4[Si]5(CC(CC)CCCC)CC(CC)CCCC)c4nsnc34)s2)s1.[W].[W]. The number of unbranched alkanes of at least 4 members (excludes halogenated alkanes) is 8. The van der Waals surface area contributed by atoms with E-state index in [9.17, 15) is 0 Å². The van der Waals surface area contributed by atoms with Crippen molar-refractivity contribution in [2.24, 2.45) is 11.8 Å². The zero-order chi connectivity index (χ0) is 52.9. The third kappa shape index (κ3) is 13.1. The van der Waals surface area contributed by atoms with Crippen molar-refractivity contribution in [3.05, 3.63) is 94.7 Å². The molecule has 0 saturated heterocycles. The number of hydrogen-bond donors (Lipinski definition) is 0. The Balaban J connectivity index is 0.00000378. The Bertz CT molecular complexity index is 3320. The van der Waals surface area contributed by atoms with Gasteiger partial charge < -0.3 is 0 Å². The van der Waals surface area contributed by atoms with Crippen LogP contribution in [0.1, 0.15) is 154 Å². The molecule has 0 N–H and O–H groups in total. The Morgan fingerprint density at radius 3 is 1.23 bits per heavy atom. The van der Waals surface area contributed by atoms with Gasteiger partial charge in [-0.3, -0.25) is 0 Å². The summed E-state index contributed by atoms with van der Waals surface area (Å²) in [5.41, 5.74) is 8.47. The molecule has 4 nitrogen and oxygen atoms in total. The summed E-state index contributed by atoms with van der Waals surface area (Å²) in [6.07, 6.45) is 22.9. The Labute approximate surface area is 532 Å². The fourth-order valence-corrected chi connectivity index (χ4v) is 27.8. The normalized spacial score (nSPS) is 13.5. The van der Waals surface area contributed by atoms with Crippen LogP contribution in [0, 0.1) is 24.0 Å². The Morgan fingerprint density at radius 2 is 0.810 bits per heavy atom. The van der Waals surface area contributed by atoms with Gasteiger partial charge in [-0.2, -0.15) is 31.4 Å². The van der Waals surface area contributed by atoms with E-state index in [1.807, 2.05) is 68.0 Å². The number of aromatic nitrogens is 4. The van der Waals surface area contributed by atoms with Crippen molar-refractivity contribution < 1.29 is 42.1 Å². The molecule has 1 aliphatic rings. The first kappa shape index (κ1) is 61.4. The van der Waals surface area contributed by atoms with Crippen molar-refractivity contribution in [1.82, 2.24) is 17.5 Å². The Hall–Kier alpha value is -2.13. The topological polar surface area (TPSA) is 51.6 Å². The summed E-state index contributed by atoms with van der Waals surface area (Å²) in [6.45, 7) is 14.2. The second-order valence-electron chi connectivity index (χ2n) is 21.6. The van der Waals surface area contributed by atoms with Gasteiger partial charge in [-0.15, -0.1) is 80.7 Å². The van der Waals surface area contributed by atoms with Crippen molar-refractivity contribution in [3.8, 4) is 71.0 Å². The molecule has 0 amide bonds. The molecule has 1 aliphatic heterocycles. The van der Waals surface area contributed by atoms with Gasteiger partial charge in [0, 0.05) is 103 Å². The van der Waals surface area contributed by atoms with Crippen molar-refractivity contribution in [3.63, 3.8) is 0 Å². The van der Waals surface area contributed by atoms with Crippen LogP contribution in [0.15, 0.2) is 72.8 Å². The minimum absolute atomic E-state index is 0. The van der Waals surface area contributed by atoms with Gasteiger partial charge in [0.2, 0.25) is 0 Å². The second-order valence-corrected chi connectivity index (χ2v) is 33.3. The number of fused-ring (bicyclic) bond motifs is 5. The summed E-state index contributed by atoms with van der Waals surface area (Å²) >= 11 is 14.3. The van der Waals surface area contributed by atoms with Gasteiger partial charge in [0.05, 0.1) is 23.5 Å². The first-order chi connectivity index (χ1) is 37.9. The van der Waals surface area contributed by atoms with Gasteiger partial charge >= 0.3 is 0 Å². The molecule has 0 spiro atoms. The monoisotopic (exact) mass is 1550 g/mol. The second kappa shape index (κ2) is 28.6. The Kier molecular flexibility index (Phi) is 22.3. The van der Waals surface area contributed by atoms with Gasteiger partial charge in [-0.05, 0) is 104 Å². The quantitative estimate of drug-likeness (QED) is 0.0279. The minimum atomic E-state index is -2.34. The number of rotatable bonds is 28. The summed E-state index contributed by atoms with van der Waals surface area (Å²) in [5, 5.41) is 3.37. The van der Waals surface area contributed by atoms with Gasteiger partial charge in [-0.25, -0.2) is 8.75 Å². The molecule has 79 heavy (non-hydrogen) atoms. The number of hydrogen-bond acceptors (Lipinski definition) is 12. The molecule has 2 unspecified atom stereocenters. The molecule has 0 bridgehead atoms. The van der Waals surface area contributed by atoms with Gasteiger partial charge in [0.15, 0.2) is 0 Å². The average Bonchev–Trinajstić information content (AvgIpc) is 3.39. The van der Waals surface area contributed by atoms with E-state index >= 15 is 0 Å². The number of thiophene rings is 6. The van der Waals surface area contributed by atoms with Gasteiger partial charge in [0.25, 0.3) is 0 Å². The molecule has 0 radical (unpaired) electrons. The molecule has 0 fully saturated rings. The van der Waals surface area contributed by atoms with Crippen LogP contribution in [0.3, 0.4) is 0 Å². The van der Waals surface area contributed by atoms with E-state index in [1.54, 1.807) is 10.4 Å². The van der Waals surface area contributed by atoms with E-state index in [0.29, 0.717) is 11.8 Å². The van der Waals surface area contributed by atoms with E-state index in [0.717, 1.165) is 33.2 Å². The third-order valence-corrected chi connectivity index (χ3v) is 30.5. The molecule has 10 aromatic rings. The molecule has 2 atom stereocenters. The van der Waals surface area contributed by atoms with Crippen LogP contribution in [0.2, 0.25) is 12.1 Å². The molecule has 2 aromatic carbocycles. The molecular formula is C64H72N4S8SiW2-2. The Morgan fingerprint density at radius 1 is 0.418 bits per heavy atom. The largest absolute Gasteiger partial charge is 0.224 e. The predicted octanol–water partition coefficient (Wildman–Crippen LogP) is 21.9. The maximum absolute atomic E-state index is 5.10. The van der Waals surface area contributed by atoms with Crippen molar-refractivity contribution in [1.29, 1.82) is 0 Å². The molecular weight excluding hydrogens is 1480 g/mol. The van der Waals surface area contributed by atoms with E-state index < -0.39 is 8.07 Å². The predicted molar refractivity (Wildman–Crippen MR) is 348 cm³/mol. The first-order valence-electron chi connectivity index (χ1n) is 28.9. The van der Waals surface area contributed by atoms with Gasteiger partial charge in [-0.1, -0.05) is 179 Å². The number of benzene rings is 2. The van der Waals surface area contributed by atoms with Crippen molar-refractivity contribution in [2.45, 2.75) is 169 Å². The molecule has 0 saturated carbocycles. The zero-order valence-corrected chi connectivity index (χ0v) is 60.0. The summed E-state index contributed by atoms with van der Waals surface area (Å²) in [4.78, 5) is 16.4. The fraction of sp³-hybridized carbons (Fsp3) is 0.438. The van der Waals surface area contributed by atoms with Crippen molar-refractivity contribution >= 4 is 132 Å². The maximum Gasteiger partial charge on any atom is 0.122 e. The molecule has 8 aromatic heterocycles. The standard InChI is InChI=1S/C64H72N4S8Si.2W/c1-7-13-17-19-23-43-25-31-51(69-43)53-35-33-49(71-53)45-27-29-47(61-59(45)65-75-67-61)55-37-57-63(73-55)64-58(77(57,39-41(11-5)21-15-9-3)40-42(12-6)22-16-10-4)38-56(74-64)48-30-28-46(60-62(48)68-76-66-60)50-34-36-54(72-50)52-32-26-44(70-52)24-20-18-14-8-2;;/h25-26,29-38,41-42H,7-24,39-40H2,1-6H3;;/q-2;;. The van der Waals surface area contributed by atoms with Crippen LogP contribution in [-0.4, -0.2) is 25.6 Å². The maximum atomic E-state index is 5.10. The van der Waals surface area contributed by atoms with Crippen molar-refractivity contribution in [2.75, 3.05) is 0 Å². The summed E-state index contributed by atoms with van der Waals surface area (Å²) < 4.78 is 20.2. The molecule has 11 rings (SSSR count). The van der Waals surface area contributed by atoms with Crippen LogP contribution in [-0.2, 0) is 55.0 Å². The van der Waals surface area contributed by atoms with E-state index in [4.69, 9.17) is 17.5 Å². The van der Waals surface area contributed by atoms with Gasteiger partial charge in [0.1, 0.15) is 8.07 Å². The number of nitrogens with zero attached hydrogens (tertiary/aromatic N) is 4. The van der Waals surface area contributed by atoms with Crippen LogP contribution < -0.4 is 10.4 Å². The summed E-state index contributed by atoms with van der Waals surface area (Å²) in [7, 11) is -2.34. The minimum Gasteiger partial charge on any atom is -0.224 e. The third-order valence-electron chi connectivity index (χ3n) is 16.3. The molecule has 9 heterocycles. The van der Waals surface area contributed by atoms with Crippen LogP contribution in [0.5, 0.6) is 0 Å². The van der Waals surface area contributed by atoms with E-state index in [2.05, 4.69) is 126 Å². The smallest absolute Gasteiger partial charge is 0.122 e. The molecule has 15 heteroatoms. The summed E-state index contributed by atoms with van der Waals surface area (Å²) in [5.74, 6) is 1.40. The van der Waals surface area contributed by atoms with E-state index in [1.165, 1.54) is 221 Å². The zero-order valence-electron chi connectivity index (χ0n) is 46.6. The molecule has 414 valence electrons. The van der Waals surface area contributed by atoms with E-state index in [-0.39, 0.29) is 42.1 Å². The van der Waals surface area contributed by atoms with Crippen LogP contribution in [0.4, 0.5) is 0 Å². The van der Waals surface area contributed by atoms with Crippen LogP contribution >= 0.6 is 91.5 Å². The van der Waals surface area contributed by atoms with Crippen LogP contribution in [0.25, 0.3) is 93.1 Å². The average molecular weight is 1550 g/mol. The fourth-order valence-electron chi connectivity index (χ4n) is 12.0.